The van der Waals surface area contributed by atoms with E-state index in [1.54, 1.807) is 4.68 Å². The topological polar surface area (TPSA) is 80.9 Å². The number of hydrogen-bond donors (Lipinski definition) is 1. The molecular formula is C12H20N4O2. The fourth-order valence-electron chi connectivity index (χ4n) is 2.41. The highest BCUT2D eigenvalue weighted by atomic mass is 16.4. The molecule has 0 amide bonds. The minimum Gasteiger partial charge on any atom is -0.481 e. The molecule has 6 heteroatoms. The molecule has 1 aliphatic rings. The van der Waals surface area contributed by atoms with Crippen molar-refractivity contribution in [2.75, 3.05) is 0 Å². The van der Waals surface area contributed by atoms with E-state index in [0.717, 1.165) is 18.7 Å². The lowest BCUT2D eigenvalue weighted by molar-refractivity contribution is -0.138. The lowest BCUT2D eigenvalue weighted by Gasteiger charge is -2.18. The summed E-state index contributed by atoms with van der Waals surface area (Å²) in [7, 11) is 0. The van der Waals surface area contributed by atoms with Gasteiger partial charge in [0.05, 0.1) is 12.5 Å². The van der Waals surface area contributed by atoms with Crippen LogP contribution in [0.15, 0.2) is 0 Å². The maximum Gasteiger partial charge on any atom is 0.305 e. The van der Waals surface area contributed by atoms with Gasteiger partial charge in [-0.25, -0.2) is 4.68 Å². The molecule has 6 nitrogen and oxygen atoms in total. The lowest BCUT2D eigenvalue weighted by atomic mass is 10.0. The predicted octanol–water partition coefficient (Wildman–Crippen LogP) is 2.00. The third kappa shape index (κ3) is 2.86. The highest BCUT2D eigenvalue weighted by Gasteiger charge is 2.33. The van der Waals surface area contributed by atoms with Crippen LogP contribution < -0.4 is 0 Å². The van der Waals surface area contributed by atoms with Crippen LogP contribution in [-0.4, -0.2) is 31.3 Å². The zero-order valence-electron chi connectivity index (χ0n) is 10.9. The average molecular weight is 252 g/mol. The van der Waals surface area contributed by atoms with Crippen LogP contribution in [-0.2, 0) is 4.79 Å². The van der Waals surface area contributed by atoms with Crippen LogP contribution in [0.1, 0.15) is 63.7 Å². The normalized spacial score (nSPS) is 18.6. The number of aliphatic carboxylic acids is 1. The standard InChI is InChI=1S/C12H20N4O2/c1-3-4-10(7-11(17)18)16-12(13-14-15-16)8(2)9-5-6-9/h8-10H,3-7H2,1-2H3,(H,17,18). The molecule has 1 aliphatic carbocycles. The number of tetrazole rings is 1. The van der Waals surface area contributed by atoms with Gasteiger partial charge in [-0.05, 0) is 35.6 Å². The molecule has 0 bridgehead atoms. The summed E-state index contributed by atoms with van der Waals surface area (Å²) in [6, 6.07) is -0.126. The van der Waals surface area contributed by atoms with Gasteiger partial charge in [0.25, 0.3) is 0 Å². The van der Waals surface area contributed by atoms with Gasteiger partial charge in [0, 0.05) is 5.92 Å². The summed E-state index contributed by atoms with van der Waals surface area (Å²) in [5.74, 6) is 1.04. The van der Waals surface area contributed by atoms with E-state index in [1.165, 1.54) is 12.8 Å². The monoisotopic (exact) mass is 252 g/mol. The van der Waals surface area contributed by atoms with E-state index in [0.29, 0.717) is 11.8 Å². The van der Waals surface area contributed by atoms with Crippen molar-refractivity contribution in [2.24, 2.45) is 5.92 Å². The van der Waals surface area contributed by atoms with Crippen molar-refractivity contribution >= 4 is 5.97 Å². The molecule has 1 saturated carbocycles. The van der Waals surface area contributed by atoms with Crippen molar-refractivity contribution in [1.29, 1.82) is 0 Å². The maximum atomic E-state index is 10.9. The van der Waals surface area contributed by atoms with Crippen LogP contribution in [0.3, 0.4) is 0 Å². The predicted molar refractivity (Wildman–Crippen MR) is 65.2 cm³/mol. The molecule has 1 N–H and O–H groups in total. The summed E-state index contributed by atoms with van der Waals surface area (Å²) < 4.78 is 1.74. The molecule has 18 heavy (non-hydrogen) atoms. The van der Waals surface area contributed by atoms with Crippen molar-refractivity contribution in [2.45, 2.75) is 57.9 Å². The highest BCUT2D eigenvalue weighted by molar-refractivity contribution is 5.67. The molecule has 0 aromatic carbocycles. The van der Waals surface area contributed by atoms with E-state index < -0.39 is 5.97 Å². The SMILES string of the molecule is CCCC(CC(=O)O)n1nnnc1C(C)C1CC1. The second-order valence-electron chi connectivity index (χ2n) is 5.15. The molecule has 0 aliphatic heterocycles. The van der Waals surface area contributed by atoms with Gasteiger partial charge in [0.1, 0.15) is 0 Å². The second-order valence-corrected chi connectivity index (χ2v) is 5.15. The van der Waals surface area contributed by atoms with E-state index >= 15 is 0 Å². The number of carbonyl (C=O) groups is 1. The minimum absolute atomic E-state index is 0.0866. The van der Waals surface area contributed by atoms with Crippen molar-refractivity contribution in [3.05, 3.63) is 5.82 Å². The van der Waals surface area contributed by atoms with E-state index in [-0.39, 0.29) is 12.5 Å². The Morgan fingerprint density at radius 3 is 2.83 bits per heavy atom. The van der Waals surface area contributed by atoms with Gasteiger partial charge in [-0.2, -0.15) is 0 Å². The Morgan fingerprint density at radius 1 is 1.56 bits per heavy atom. The van der Waals surface area contributed by atoms with Crippen LogP contribution in [0.5, 0.6) is 0 Å². The first-order valence-electron chi connectivity index (χ1n) is 6.63. The van der Waals surface area contributed by atoms with Crippen LogP contribution in [0.2, 0.25) is 0 Å². The number of aromatic nitrogens is 4. The Balaban J connectivity index is 2.18. The Labute approximate surface area is 106 Å². The lowest BCUT2D eigenvalue weighted by Crippen LogP contribution is -2.19. The largest absolute Gasteiger partial charge is 0.481 e. The molecular weight excluding hydrogens is 232 g/mol. The van der Waals surface area contributed by atoms with Crippen LogP contribution in [0.25, 0.3) is 0 Å². The third-order valence-electron chi connectivity index (χ3n) is 3.63. The van der Waals surface area contributed by atoms with E-state index in [2.05, 4.69) is 22.4 Å². The van der Waals surface area contributed by atoms with Gasteiger partial charge in [-0.15, -0.1) is 5.10 Å². The fraction of sp³-hybridized carbons (Fsp3) is 0.833. The van der Waals surface area contributed by atoms with Gasteiger partial charge < -0.3 is 5.11 Å². The van der Waals surface area contributed by atoms with Crippen LogP contribution in [0, 0.1) is 5.92 Å². The number of rotatable bonds is 7. The zero-order chi connectivity index (χ0) is 13.1. The minimum atomic E-state index is -0.797. The van der Waals surface area contributed by atoms with Gasteiger partial charge >= 0.3 is 5.97 Å². The molecule has 0 saturated heterocycles. The fourth-order valence-corrected chi connectivity index (χ4v) is 2.41. The zero-order valence-corrected chi connectivity index (χ0v) is 10.9. The summed E-state index contributed by atoms with van der Waals surface area (Å²) in [5.41, 5.74) is 0. The Kier molecular flexibility index (Phi) is 3.93. The van der Waals surface area contributed by atoms with Crippen LogP contribution in [0.4, 0.5) is 0 Å². The third-order valence-corrected chi connectivity index (χ3v) is 3.63. The summed E-state index contributed by atoms with van der Waals surface area (Å²) in [4.78, 5) is 10.9. The number of hydrogen-bond acceptors (Lipinski definition) is 4. The molecule has 1 aromatic heterocycles. The number of nitrogens with zero attached hydrogens (tertiary/aromatic N) is 4. The van der Waals surface area contributed by atoms with E-state index in [1.807, 2.05) is 6.92 Å². The molecule has 1 heterocycles. The molecule has 1 fully saturated rings. The Bertz CT molecular complexity index is 414. The van der Waals surface area contributed by atoms with Gasteiger partial charge in [-0.3, -0.25) is 4.79 Å². The molecule has 1 aromatic rings. The van der Waals surface area contributed by atoms with Gasteiger partial charge in [-0.1, -0.05) is 20.3 Å². The Hall–Kier alpha value is -1.46. The molecule has 0 radical (unpaired) electrons. The summed E-state index contributed by atoms with van der Waals surface area (Å²) in [6.07, 6.45) is 4.26. The molecule has 0 spiro atoms. The quantitative estimate of drug-likeness (QED) is 0.802. The highest BCUT2D eigenvalue weighted by Crippen LogP contribution is 2.42. The maximum absolute atomic E-state index is 10.9. The van der Waals surface area contributed by atoms with Crippen molar-refractivity contribution in [1.82, 2.24) is 20.2 Å². The van der Waals surface area contributed by atoms with Gasteiger partial charge in [0.2, 0.25) is 0 Å². The summed E-state index contributed by atoms with van der Waals surface area (Å²) in [5, 5.41) is 20.8. The Morgan fingerprint density at radius 2 is 2.28 bits per heavy atom. The van der Waals surface area contributed by atoms with Crippen molar-refractivity contribution < 1.29 is 9.90 Å². The number of carboxylic acids is 1. The summed E-state index contributed by atoms with van der Waals surface area (Å²) in [6.45, 7) is 4.17. The first-order chi connectivity index (χ1) is 8.63. The van der Waals surface area contributed by atoms with E-state index in [4.69, 9.17) is 5.11 Å². The number of carboxylic acid groups (broad SMARTS) is 1. The van der Waals surface area contributed by atoms with Crippen molar-refractivity contribution in [3.63, 3.8) is 0 Å². The van der Waals surface area contributed by atoms with Crippen LogP contribution >= 0.6 is 0 Å². The first kappa shape index (κ1) is 13.0. The molecule has 2 unspecified atom stereocenters. The first-order valence-corrected chi connectivity index (χ1v) is 6.63. The van der Waals surface area contributed by atoms with Gasteiger partial charge in [0.15, 0.2) is 5.82 Å². The smallest absolute Gasteiger partial charge is 0.305 e. The second kappa shape index (κ2) is 5.46. The van der Waals surface area contributed by atoms with E-state index in [9.17, 15) is 4.79 Å². The molecule has 100 valence electrons. The average Bonchev–Trinajstić information content (AvgIpc) is 3.04. The summed E-state index contributed by atoms with van der Waals surface area (Å²) >= 11 is 0. The van der Waals surface area contributed by atoms with Crippen molar-refractivity contribution in [3.8, 4) is 0 Å². The molecule has 2 rings (SSSR count). The molecule has 2 atom stereocenters.